The molecule has 3 N–H and O–H groups in total. The number of aryl methyl sites for hydroxylation is 2. The molecule has 0 atom stereocenters. The first-order chi connectivity index (χ1) is 13.2. The fourth-order valence-electron chi connectivity index (χ4n) is 3.30. The van der Waals surface area contributed by atoms with Gasteiger partial charge in [0.1, 0.15) is 5.82 Å². The van der Waals surface area contributed by atoms with Gasteiger partial charge in [0.25, 0.3) is 0 Å². The zero-order valence-corrected chi connectivity index (χ0v) is 15.6. The van der Waals surface area contributed by atoms with Crippen molar-refractivity contribution in [2.75, 3.05) is 17.2 Å². The Morgan fingerprint density at radius 1 is 0.963 bits per heavy atom. The topological polar surface area (TPSA) is 65.6 Å². The highest BCUT2D eigenvalue weighted by Gasteiger charge is 2.06. The van der Waals surface area contributed by atoms with Crippen LogP contribution in [0.3, 0.4) is 0 Å². The van der Waals surface area contributed by atoms with E-state index in [1.165, 1.54) is 27.6 Å². The monoisotopic (exact) mass is 357 g/mol. The largest absolute Gasteiger partial charge is 0.361 e. The van der Waals surface area contributed by atoms with Gasteiger partial charge in [-0.05, 0) is 49.1 Å². The van der Waals surface area contributed by atoms with Gasteiger partial charge >= 0.3 is 0 Å². The van der Waals surface area contributed by atoms with Crippen molar-refractivity contribution >= 4 is 28.4 Å². The summed E-state index contributed by atoms with van der Waals surface area (Å²) in [6, 6.07) is 16.5. The van der Waals surface area contributed by atoms with E-state index in [0.717, 1.165) is 24.5 Å². The number of hydrogen-bond donors (Lipinski definition) is 3. The van der Waals surface area contributed by atoms with Crippen molar-refractivity contribution < 1.29 is 0 Å². The highest BCUT2D eigenvalue weighted by molar-refractivity contribution is 5.83. The minimum atomic E-state index is 0.631. The second kappa shape index (κ2) is 7.50. The SMILES string of the molecule is Cc1cccc(C)c1Nc1ccnc(NCCc2c[nH]c3ccccc23)n1. The van der Waals surface area contributed by atoms with Crippen LogP contribution < -0.4 is 10.6 Å². The van der Waals surface area contributed by atoms with Gasteiger partial charge in [0, 0.05) is 35.5 Å². The number of anilines is 3. The highest BCUT2D eigenvalue weighted by atomic mass is 15.1. The van der Waals surface area contributed by atoms with Crippen molar-refractivity contribution in [1.82, 2.24) is 15.0 Å². The molecule has 0 spiro atoms. The normalized spacial score (nSPS) is 10.9. The summed E-state index contributed by atoms with van der Waals surface area (Å²) in [5, 5.41) is 8.01. The average Bonchev–Trinajstić information content (AvgIpc) is 3.09. The van der Waals surface area contributed by atoms with Crippen molar-refractivity contribution in [1.29, 1.82) is 0 Å². The quantitative estimate of drug-likeness (QED) is 0.456. The van der Waals surface area contributed by atoms with Crippen LogP contribution in [0.15, 0.2) is 60.9 Å². The summed E-state index contributed by atoms with van der Waals surface area (Å²) in [7, 11) is 0. The Morgan fingerprint density at radius 3 is 2.63 bits per heavy atom. The van der Waals surface area contributed by atoms with Crippen molar-refractivity contribution in [2.45, 2.75) is 20.3 Å². The predicted octanol–water partition coefficient (Wildman–Crippen LogP) is 4.97. The van der Waals surface area contributed by atoms with E-state index in [1.807, 2.05) is 12.1 Å². The molecule has 4 rings (SSSR count). The van der Waals surface area contributed by atoms with E-state index in [9.17, 15) is 0 Å². The smallest absolute Gasteiger partial charge is 0.224 e. The molecule has 136 valence electrons. The Bertz CT molecular complexity index is 1050. The standard InChI is InChI=1S/C22H23N5/c1-15-6-5-7-16(2)21(15)26-20-11-13-24-22(27-20)23-12-10-17-14-25-19-9-4-3-8-18(17)19/h3-9,11,13-14,25H,10,12H2,1-2H3,(H2,23,24,26,27). The fraction of sp³-hybridized carbons (Fsp3) is 0.182. The molecule has 27 heavy (non-hydrogen) atoms. The third kappa shape index (κ3) is 3.77. The summed E-state index contributed by atoms with van der Waals surface area (Å²) < 4.78 is 0. The van der Waals surface area contributed by atoms with Crippen LogP contribution in [0, 0.1) is 13.8 Å². The van der Waals surface area contributed by atoms with E-state index in [0.29, 0.717) is 5.95 Å². The van der Waals surface area contributed by atoms with Gasteiger partial charge in [-0.15, -0.1) is 0 Å². The van der Waals surface area contributed by atoms with E-state index in [-0.39, 0.29) is 0 Å². The molecule has 5 nitrogen and oxygen atoms in total. The number of nitrogens with zero attached hydrogens (tertiary/aromatic N) is 2. The van der Waals surface area contributed by atoms with Crippen LogP contribution >= 0.6 is 0 Å². The van der Waals surface area contributed by atoms with Crippen molar-refractivity contribution in [3.8, 4) is 0 Å². The lowest BCUT2D eigenvalue weighted by molar-refractivity contribution is 0.991. The van der Waals surface area contributed by atoms with Gasteiger partial charge in [0.2, 0.25) is 5.95 Å². The third-order valence-corrected chi connectivity index (χ3v) is 4.74. The molecule has 0 saturated heterocycles. The third-order valence-electron chi connectivity index (χ3n) is 4.74. The second-order valence-corrected chi connectivity index (χ2v) is 6.69. The molecule has 0 bridgehead atoms. The molecule has 0 unspecified atom stereocenters. The van der Waals surface area contributed by atoms with Crippen molar-refractivity contribution in [3.63, 3.8) is 0 Å². The molecular weight excluding hydrogens is 334 g/mol. The van der Waals surface area contributed by atoms with Crippen LogP contribution in [-0.4, -0.2) is 21.5 Å². The lowest BCUT2D eigenvalue weighted by atomic mass is 10.1. The van der Waals surface area contributed by atoms with E-state index >= 15 is 0 Å². The molecule has 2 heterocycles. The zero-order valence-electron chi connectivity index (χ0n) is 15.6. The number of hydrogen-bond acceptors (Lipinski definition) is 4. The number of rotatable bonds is 6. The number of aromatic nitrogens is 3. The maximum Gasteiger partial charge on any atom is 0.224 e. The Balaban J connectivity index is 1.42. The zero-order chi connectivity index (χ0) is 18.6. The Labute approximate surface area is 158 Å². The lowest BCUT2D eigenvalue weighted by Gasteiger charge is -2.12. The summed E-state index contributed by atoms with van der Waals surface area (Å²) in [6.45, 7) is 4.96. The number of para-hydroxylation sites is 2. The summed E-state index contributed by atoms with van der Waals surface area (Å²) in [6.07, 6.45) is 4.75. The second-order valence-electron chi connectivity index (χ2n) is 6.69. The summed E-state index contributed by atoms with van der Waals surface area (Å²) in [5.74, 6) is 1.42. The van der Waals surface area contributed by atoms with Crippen LogP contribution in [0.25, 0.3) is 10.9 Å². The van der Waals surface area contributed by atoms with Gasteiger partial charge < -0.3 is 15.6 Å². The molecule has 0 aliphatic heterocycles. The van der Waals surface area contributed by atoms with Gasteiger partial charge in [0.05, 0.1) is 0 Å². The number of nitrogens with one attached hydrogen (secondary N) is 3. The summed E-state index contributed by atoms with van der Waals surface area (Å²) in [5.41, 5.74) is 5.96. The number of fused-ring (bicyclic) bond motifs is 1. The molecule has 0 aliphatic rings. The lowest BCUT2D eigenvalue weighted by Crippen LogP contribution is -2.08. The van der Waals surface area contributed by atoms with Gasteiger partial charge in [-0.3, -0.25) is 0 Å². The van der Waals surface area contributed by atoms with Gasteiger partial charge in [0.15, 0.2) is 0 Å². The van der Waals surface area contributed by atoms with Crippen LogP contribution in [0.2, 0.25) is 0 Å². The molecule has 4 aromatic rings. The van der Waals surface area contributed by atoms with Crippen molar-refractivity contribution in [3.05, 3.63) is 77.6 Å². The van der Waals surface area contributed by atoms with E-state index in [1.54, 1.807) is 6.20 Å². The molecule has 0 amide bonds. The molecular formula is C22H23N5. The maximum absolute atomic E-state index is 4.59. The van der Waals surface area contributed by atoms with Crippen LogP contribution in [0.4, 0.5) is 17.5 Å². The van der Waals surface area contributed by atoms with Gasteiger partial charge in [-0.25, -0.2) is 4.98 Å². The molecule has 2 aromatic heterocycles. The van der Waals surface area contributed by atoms with Crippen molar-refractivity contribution in [2.24, 2.45) is 0 Å². The number of aromatic amines is 1. The molecule has 0 saturated carbocycles. The first kappa shape index (κ1) is 17.1. The first-order valence-electron chi connectivity index (χ1n) is 9.16. The molecule has 0 fully saturated rings. The Hall–Kier alpha value is -3.34. The van der Waals surface area contributed by atoms with E-state index < -0.39 is 0 Å². The highest BCUT2D eigenvalue weighted by Crippen LogP contribution is 2.23. The van der Waals surface area contributed by atoms with Crippen LogP contribution in [0.5, 0.6) is 0 Å². The Kier molecular flexibility index (Phi) is 4.75. The van der Waals surface area contributed by atoms with E-state index in [4.69, 9.17) is 0 Å². The van der Waals surface area contributed by atoms with Gasteiger partial charge in [-0.2, -0.15) is 4.98 Å². The molecule has 0 radical (unpaired) electrons. The number of benzene rings is 2. The summed E-state index contributed by atoms with van der Waals surface area (Å²) in [4.78, 5) is 12.2. The number of H-pyrrole nitrogens is 1. The van der Waals surface area contributed by atoms with Crippen LogP contribution in [0.1, 0.15) is 16.7 Å². The predicted molar refractivity (Wildman–Crippen MR) is 112 cm³/mol. The van der Waals surface area contributed by atoms with Crippen LogP contribution in [-0.2, 0) is 6.42 Å². The maximum atomic E-state index is 4.59. The average molecular weight is 357 g/mol. The summed E-state index contributed by atoms with van der Waals surface area (Å²) >= 11 is 0. The minimum absolute atomic E-state index is 0.631. The van der Waals surface area contributed by atoms with Gasteiger partial charge in [-0.1, -0.05) is 36.4 Å². The molecule has 0 aliphatic carbocycles. The fourth-order valence-corrected chi connectivity index (χ4v) is 3.30. The molecule has 2 aromatic carbocycles. The Morgan fingerprint density at radius 2 is 1.78 bits per heavy atom. The first-order valence-corrected chi connectivity index (χ1v) is 9.16. The minimum Gasteiger partial charge on any atom is -0.361 e. The van der Waals surface area contributed by atoms with E-state index in [2.05, 4.69) is 82.0 Å². The molecule has 5 heteroatoms.